The van der Waals surface area contributed by atoms with E-state index in [0.717, 1.165) is 25.6 Å². The van der Waals surface area contributed by atoms with Gasteiger partial charge in [0.25, 0.3) is 0 Å². The minimum absolute atomic E-state index is 0.417. The van der Waals surface area contributed by atoms with Gasteiger partial charge in [-0.05, 0) is 51.7 Å². The third-order valence-electron chi connectivity index (χ3n) is 3.47. The first-order chi connectivity index (χ1) is 7.77. The second-order valence-electron chi connectivity index (χ2n) is 4.90. The average Bonchev–Trinajstić information content (AvgIpc) is 2.30. The molecule has 1 rings (SSSR count). The van der Waals surface area contributed by atoms with Gasteiger partial charge < -0.3 is 5.32 Å². The summed E-state index contributed by atoms with van der Waals surface area (Å²) in [5.74, 6) is 0.828. The molecule has 0 radical (unpaired) electrons. The monoisotopic (exact) mass is 223 g/mol. The topological polar surface area (TPSA) is 39.1 Å². The summed E-state index contributed by atoms with van der Waals surface area (Å²) in [5.41, 5.74) is 0. The van der Waals surface area contributed by atoms with Crippen molar-refractivity contribution in [2.45, 2.75) is 45.6 Å². The molecule has 1 aliphatic rings. The lowest BCUT2D eigenvalue weighted by molar-refractivity contribution is 0.162. The molecule has 1 fully saturated rings. The predicted octanol–water partition coefficient (Wildman–Crippen LogP) is 2.00. The average molecular weight is 223 g/mol. The molecular formula is C13H25N3. The standard InChI is InChI=1S/C13H25N3/c1-3-10-16(12(2)4-7-14)11-13-5-8-15-9-6-13/h12-13,15H,3-6,8-11H2,1-2H3. The van der Waals surface area contributed by atoms with E-state index >= 15 is 0 Å². The Bertz CT molecular complexity index is 216. The quantitative estimate of drug-likeness (QED) is 0.748. The van der Waals surface area contributed by atoms with Crippen molar-refractivity contribution < 1.29 is 0 Å². The molecule has 0 saturated carbocycles. The molecule has 0 aromatic carbocycles. The molecule has 0 aromatic heterocycles. The number of piperidine rings is 1. The van der Waals surface area contributed by atoms with Crippen LogP contribution >= 0.6 is 0 Å². The van der Waals surface area contributed by atoms with Crippen LogP contribution in [0.15, 0.2) is 0 Å². The fraction of sp³-hybridized carbons (Fsp3) is 0.923. The van der Waals surface area contributed by atoms with E-state index in [1.165, 1.54) is 25.8 Å². The van der Waals surface area contributed by atoms with E-state index in [-0.39, 0.29) is 0 Å². The van der Waals surface area contributed by atoms with Gasteiger partial charge in [-0.1, -0.05) is 6.92 Å². The fourth-order valence-corrected chi connectivity index (χ4v) is 2.44. The number of nitrogens with one attached hydrogen (secondary N) is 1. The molecule has 0 aromatic rings. The first-order valence-electron chi connectivity index (χ1n) is 6.59. The zero-order valence-corrected chi connectivity index (χ0v) is 10.7. The van der Waals surface area contributed by atoms with Gasteiger partial charge in [0, 0.05) is 12.6 Å². The van der Waals surface area contributed by atoms with Crippen LogP contribution in [0.5, 0.6) is 0 Å². The van der Waals surface area contributed by atoms with E-state index in [4.69, 9.17) is 5.26 Å². The minimum Gasteiger partial charge on any atom is -0.317 e. The number of nitrogens with zero attached hydrogens (tertiary/aromatic N) is 2. The van der Waals surface area contributed by atoms with Crippen molar-refractivity contribution in [2.75, 3.05) is 26.2 Å². The van der Waals surface area contributed by atoms with Crippen LogP contribution < -0.4 is 5.32 Å². The van der Waals surface area contributed by atoms with Gasteiger partial charge in [-0.25, -0.2) is 0 Å². The van der Waals surface area contributed by atoms with E-state index in [0.29, 0.717) is 12.5 Å². The lowest BCUT2D eigenvalue weighted by atomic mass is 9.96. The van der Waals surface area contributed by atoms with Crippen molar-refractivity contribution in [3.8, 4) is 6.07 Å². The van der Waals surface area contributed by atoms with E-state index in [1.807, 2.05) is 0 Å². The summed E-state index contributed by atoms with van der Waals surface area (Å²) in [4.78, 5) is 2.50. The van der Waals surface area contributed by atoms with Gasteiger partial charge in [-0.3, -0.25) is 4.90 Å². The molecule has 16 heavy (non-hydrogen) atoms. The molecule has 0 amide bonds. The van der Waals surface area contributed by atoms with Crippen LogP contribution in [-0.4, -0.2) is 37.1 Å². The first kappa shape index (κ1) is 13.5. The van der Waals surface area contributed by atoms with Crippen LogP contribution in [-0.2, 0) is 0 Å². The Morgan fingerprint density at radius 2 is 2.12 bits per heavy atom. The lowest BCUT2D eigenvalue weighted by Crippen LogP contribution is -2.40. The molecule has 0 bridgehead atoms. The molecule has 0 aliphatic carbocycles. The molecule has 3 heteroatoms. The smallest absolute Gasteiger partial charge is 0.0638 e. The molecular weight excluding hydrogens is 198 g/mol. The van der Waals surface area contributed by atoms with Crippen LogP contribution in [0, 0.1) is 17.2 Å². The van der Waals surface area contributed by atoms with E-state index in [9.17, 15) is 0 Å². The Balaban J connectivity index is 2.39. The summed E-state index contributed by atoms with van der Waals surface area (Å²) in [6.07, 6.45) is 4.42. The molecule has 1 aliphatic heterocycles. The third-order valence-corrected chi connectivity index (χ3v) is 3.47. The first-order valence-corrected chi connectivity index (χ1v) is 6.59. The lowest BCUT2D eigenvalue weighted by Gasteiger charge is -2.33. The summed E-state index contributed by atoms with van der Waals surface area (Å²) in [7, 11) is 0. The maximum Gasteiger partial charge on any atom is 0.0638 e. The van der Waals surface area contributed by atoms with Crippen molar-refractivity contribution in [3.63, 3.8) is 0 Å². The number of nitriles is 1. The zero-order chi connectivity index (χ0) is 11.8. The normalized spacial score (nSPS) is 19.6. The summed E-state index contributed by atoms with van der Waals surface area (Å²) in [6.45, 7) is 9.04. The van der Waals surface area contributed by atoms with Gasteiger partial charge in [0.2, 0.25) is 0 Å². The Labute approximate surface area is 99.8 Å². The van der Waals surface area contributed by atoms with Gasteiger partial charge in [0.1, 0.15) is 0 Å². The van der Waals surface area contributed by atoms with Crippen LogP contribution in [0.1, 0.15) is 39.5 Å². The highest BCUT2D eigenvalue weighted by atomic mass is 15.1. The minimum atomic E-state index is 0.417. The molecule has 1 N–H and O–H groups in total. The van der Waals surface area contributed by atoms with Gasteiger partial charge in [-0.15, -0.1) is 0 Å². The molecule has 1 unspecified atom stereocenters. The summed E-state index contributed by atoms with van der Waals surface area (Å²) >= 11 is 0. The number of hydrogen-bond acceptors (Lipinski definition) is 3. The molecule has 0 spiro atoms. The van der Waals surface area contributed by atoms with Gasteiger partial charge in [0.15, 0.2) is 0 Å². The maximum absolute atomic E-state index is 8.77. The zero-order valence-electron chi connectivity index (χ0n) is 10.7. The Hall–Kier alpha value is -0.590. The van der Waals surface area contributed by atoms with E-state index < -0.39 is 0 Å². The van der Waals surface area contributed by atoms with Crippen molar-refractivity contribution in [2.24, 2.45) is 5.92 Å². The van der Waals surface area contributed by atoms with Crippen LogP contribution in [0.2, 0.25) is 0 Å². The van der Waals surface area contributed by atoms with Crippen LogP contribution in [0.25, 0.3) is 0 Å². The molecule has 1 saturated heterocycles. The van der Waals surface area contributed by atoms with E-state index in [2.05, 4.69) is 30.1 Å². The van der Waals surface area contributed by atoms with Gasteiger partial charge in [0.05, 0.1) is 12.5 Å². The third kappa shape index (κ3) is 4.51. The Kier molecular flexibility index (Phi) is 6.44. The van der Waals surface area contributed by atoms with Crippen LogP contribution in [0.4, 0.5) is 0 Å². The van der Waals surface area contributed by atoms with Crippen molar-refractivity contribution in [1.29, 1.82) is 5.26 Å². The number of rotatable bonds is 6. The second-order valence-corrected chi connectivity index (χ2v) is 4.90. The predicted molar refractivity (Wildman–Crippen MR) is 67.1 cm³/mol. The molecule has 92 valence electrons. The number of hydrogen-bond donors (Lipinski definition) is 1. The highest BCUT2D eigenvalue weighted by molar-refractivity contribution is 4.82. The van der Waals surface area contributed by atoms with Crippen LogP contribution in [0.3, 0.4) is 0 Å². The van der Waals surface area contributed by atoms with Crippen molar-refractivity contribution in [1.82, 2.24) is 10.2 Å². The molecule has 1 atom stereocenters. The Morgan fingerprint density at radius 3 is 2.69 bits per heavy atom. The van der Waals surface area contributed by atoms with Crippen molar-refractivity contribution in [3.05, 3.63) is 0 Å². The fourth-order valence-electron chi connectivity index (χ4n) is 2.44. The highest BCUT2D eigenvalue weighted by Crippen LogP contribution is 2.16. The van der Waals surface area contributed by atoms with Gasteiger partial charge in [-0.2, -0.15) is 5.26 Å². The molecule has 1 heterocycles. The maximum atomic E-state index is 8.77. The highest BCUT2D eigenvalue weighted by Gasteiger charge is 2.19. The Morgan fingerprint density at radius 1 is 1.44 bits per heavy atom. The molecule has 3 nitrogen and oxygen atoms in total. The van der Waals surface area contributed by atoms with E-state index in [1.54, 1.807) is 0 Å². The van der Waals surface area contributed by atoms with Gasteiger partial charge >= 0.3 is 0 Å². The summed E-state index contributed by atoms with van der Waals surface area (Å²) in [5, 5.41) is 12.2. The van der Waals surface area contributed by atoms with Crippen molar-refractivity contribution >= 4 is 0 Å². The SMILES string of the molecule is CCCN(CC1CCNCC1)C(C)CC#N. The summed E-state index contributed by atoms with van der Waals surface area (Å²) in [6, 6.07) is 2.71. The second kappa shape index (κ2) is 7.65. The summed E-state index contributed by atoms with van der Waals surface area (Å²) < 4.78 is 0. The largest absolute Gasteiger partial charge is 0.317 e.